The van der Waals surface area contributed by atoms with Crippen molar-refractivity contribution in [3.8, 4) is 5.75 Å². The van der Waals surface area contributed by atoms with Gasteiger partial charge in [-0.3, -0.25) is 4.79 Å². The van der Waals surface area contributed by atoms with Gasteiger partial charge in [0.05, 0.1) is 44.7 Å². The Bertz CT molecular complexity index is 1420. The van der Waals surface area contributed by atoms with Crippen LogP contribution in [0, 0.1) is 11.8 Å². The van der Waals surface area contributed by atoms with Crippen molar-refractivity contribution in [1.82, 2.24) is 0 Å². The highest BCUT2D eigenvalue weighted by Crippen LogP contribution is 2.61. The highest BCUT2D eigenvalue weighted by molar-refractivity contribution is 5.87. The third kappa shape index (κ3) is 6.88. The van der Waals surface area contributed by atoms with Gasteiger partial charge < -0.3 is 73.3 Å². The monoisotopic (exact) mass is 710 g/mol. The first-order valence-electron chi connectivity index (χ1n) is 16.2. The lowest BCUT2D eigenvalue weighted by atomic mass is 9.85. The fourth-order valence-electron chi connectivity index (χ4n) is 7.06. The standard InChI is InChI=1S/C33H42O17/c1-14-22(38)27(47-20(37)9-6-16-4-7-17(42-3)8-5-16)28(45-15(2)36)32(44-14)48-26-18-10-11-43-30(21(18)33(13-35)29(26)50-33)49-31-25(41)24(40)23(39)19(12-34)46-31/h4-11,14,18-19,21-32,34-35,38-41H,12-13H2,1-3H3/b9-6+/t14-,18+,19+,21+,22-,23+,24-,25+,26-,27+,28+,29-,30-,31-,32-,33+/m0/s1. The Morgan fingerprint density at radius 3 is 2.28 bits per heavy atom. The number of rotatable bonds is 11. The second kappa shape index (κ2) is 14.8. The number of carbonyl (C=O) groups is 2. The van der Waals surface area contributed by atoms with Crippen LogP contribution >= 0.6 is 0 Å². The number of carbonyl (C=O) groups excluding carboxylic acids is 2. The summed E-state index contributed by atoms with van der Waals surface area (Å²) < 4.78 is 51.7. The highest BCUT2D eigenvalue weighted by Gasteiger charge is 2.77. The van der Waals surface area contributed by atoms with Crippen LogP contribution < -0.4 is 4.74 Å². The van der Waals surface area contributed by atoms with Crippen LogP contribution in [0.3, 0.4) is 0 Å². The van der Waals surface area contributed by atoms with Gasteiger partial charge in [0.1, 0.15) is 48.0 Å². The average Bonchev–Trinajstić information content (AvgIpc) is 3.78. The molecule has 4 fully saturated rings. The molecule has 3 saturated heterocycles. The summed E-state index contributed by atoms with van der Waals surface area (Å²) in [5.41, 5.74) is -0.583. The number of hydrogen-bond donors (Lipinski definition) is 6. The summed E-state index contributed by atoms with van der Waals surface area (Å²) in [5.74, 6) is -2.34. The van der Waals surface area contributed by atoms with Crippen molar-refractivity contribution in [3.63, 3.8) is 0 Å². The van der Waals surface area contributed by atoms with Gasteiger partial charge in [0.15, 0.2) is 24.8 Å². The number of aliphatic hydroxyl groups excluding tert-OH is 6. The fraction of sp³-hybridized carbons (Fsp3) is 0.636. The van der Waals surface area contributed by atoms with Gasteiger partial charge in [0.2, 0.25) is 6.29 Å². The number of esters is 2. The van der Waals surface area contributed by atoms with E-state index in [1.165, 1.54) is 26.4 Å². The van der Waals surface area contributed by atoms with Gasteiger partial charge >= 0.3 is 11.9 Å². The van der Waals surface area contributed by atoms with Crippen molar-refractivity contribution in [2.24, 2.45) is 11.8 Å². The smallest absolute Gasteiger partial charge is 0.331 e. The molecule has 0 amide bonds. The molecule has 1 aliphatic carbocycles. The molecular weight excluding hydrogens is 668 g/mol. The van der Waals surface area contributed by atoms with Gasteiger partial charge in [-0.15, -0.1) is 0 Å². The summed E-state index contributed by atoms with van der Waals surface area (Å²) in [5, 5.41) is 62.1. The molecule has 16 atom stereocenters. The van der Waals surface area contributed by atoms with Gasteiger partial charge in [-0.1, -0.05) is 12.1 Å². The number of ether oxygens (including phenoxy) is 9. The summed E-state index contributed by atoms with van der Waals surface area (Å²) in [4.78, 5) is 25.2. The summed E-state index contributed by atoms with van der Waals surface area (Å²) in [7, 11) is 1.53. The maximum Gasteiger partial charge on any atom is 0.331 e. The Hall–Kier alpha value is -3.20. The van der Waals surface area contributed by atoms with Crippen molar-refractivity contribution >= 4 is 18.0 Å². The average molecular weight is 711 g/mol. The first kappa shape index (κ1) is 36.6. The normalized spacial score (nSPS) is 43.4. The summed E-state index contributed by atoms with van der Waals surface area (Å²) in [6.45, 7) is 1.50. The van der Waals surface area contributed by atoms with E-state index in [1.54, 1.807) is 30.3 Å². The zero-order chi connectivity index (χ0) is 35.9. The molecule has 0 aromatic heterocycles. The van der Waals surface area contributed by atoms with E-state index >= 15 is 0 Å². The lowest BCUT2D eigenvalue weighted by Gasteiger charge is -2.44. The number of fused-ring (bicyclic) bond motifs is 3. The molecule has 0 spiro atoms. The van der Waals surface area contributed by atoms with E-state index < -0.39 is 122 Å². The second-order valence-corrected chi connectivity index (χ2v) is 12.8. The molecule has 4 heterocycles. The van der Waals surface area contributed by atoms with Crippen LogP contribution in [0.1, 0.15) is 19.4 Å². The van der Waals surface area contributed by atoms with Gasteiger partial charge in [-0.25, -0.2) is 4.79 Å². The molecule has 5 aliphatic rings. The van der Waals surface area contributed by atoms with E-state index in [4.69, 9.17) is 42.6 Å². The fourth-order valence-corrected chi connectivity index (χ4v) is 7.06. The first-order chi connectivity index (χ1) is 23.9. The summed E-state index contributed by atoms with van der Waals surface area (Å²) in [6.07, 6.45) is -11.6. The van der Waals surface area contributed by atoms with Gasteiger partial charge in [0, 0.05) is 18.9 Å². The van der Waals surface area contributed by atoms with Crippen LogP contribution in [0.15, 0.2) is 42.7 Å². The Morgan fingerprint density at radius 2 is 1.62 bits per heavy atom. The van der Waals surface area contributed by atoms with E-state index in [9.17, 15) is 40.2 Å². The van der Waals surface area contributed by atoms with Crippen LogP contribution in [0.4, 0.5) is 0 Å². The van der Waals surface area contributed by atoms with Gasteiger partial charge in [0.25, 0.3) is 0 Å². The molecule has 1 saturated carbocycles. The van der Waals surface area contributed by atoms with E-state index in [0.717, 1.165) is 13.0 Å². The lowest BCUT2D eigenvalue weighted by molar-refractivity contribution is -0.347. The van der Waals surface area contributed by atoms with Crippen LogP contribution in [-0.4, -0.2) is 148 Å². The van der Waals surface area contributed by atoms with E-state index in [-0.39, 0.29) is 0 Å². The van der Waals surface area contributed by atoms with Crippen LogP contribution in [-0.2, 0) is 47.5 Å². The van der Waals surface area contributed by atoms with E-state index in [0.29, 0.717) is 11.3 Å². The summed E-state index contributed by atoms with van der Waals surface area (Å²) >= 11 is 0. The van der Waals surface area contributed by atoms with Crippen molar-refractivity contribution in [1.29, 1.82) is 0 Å². The Kier molecular flexibility index (Phi) is 10.8. The van der Waals surface area contributed by atoms with Crippen LogP contribution in [0.2, 0.25) is 0 Å². The number of aliphatic hydroxyl groups is 6. The molecule has 4 aliphatic heterocycles. The zero-order valence-electron chi connectivity index (χ0n) is 27.4. The molecule has 1 aromatic rings. The maximum absolute atomic E-state index is 12.9. The Labute approximate surface area is 286 Å². The van der Waals surface area contributed by atoms with Crippen molar-refractivity contribution < 1.29 is 82.9 Å². The summed E-state index contributed by atoms with van der Waals surface area (Å²) in [6, 6.07) is 6.89. The first-order valence-corrected chi connectivity index (χ1v) is 16.2. The molecule has 6 rings (SSSR count). The molecule has 6 N–H and O–H groups in total. The van der Waals surface area contributed by atoms with Gasteiger partial charge in [-0.05, 0) is 36.8 Å². The second-order valence-electron chi connectivity index (χ2n) is 12.8. The maximum atomic E-state index is 12.9. The van der Waals surface area contributed by atoms with Crippen molar-refractivity contribution in [2.45, 2.75) is 99.4 Å². The van der Waals surface area contributed by atoms with Crippen LogP contribution in [0.5, 0.6) is 5.75 Å². The Balaban J connectivity index is 1.19. The van der Waals surface area contributed by atoms with Gasteiger partial charge in [-0.2, -0.15) is 0 Å². The number of hydrogen-bond acceptors (Lipinski definition) is 17. The SMILES string of the molecule is COc1ccc(/C=C/C(=O)O[C@@H]2[C@@H](O)[C@H](C)O[C@@H](O[C@H]3[C@@H]4C=CO[C@@H](O[C@@H]5O[C@H](CO)[C@@H](O)[C@H](O)[C@H]5O)[C@@H]4[C@@]4(CO)O[C@@H]34)[C@@H]2OC(C)=O)cc1. The molecule has 0 radical (unpaired) electrons. The molecule has 276 valence electrons. The largest absolute Gasteiger partial charge is 0.497 e. The van der Waals surface area contributed by atoms with E-state index in [2.05, 4.69) is 0 Å². The minimum absolute atomic E-state index is 0.501. The minimum atomic E-state index is -1.71. The van der Waals surface area contributed by atoms with E-state index in [1.807, 2.05) is 0 Å². The third-order valence-electron chi connectivity index (χ3n) is 9.73. The number of methoxy groups -OCH3 is 1. The lowest BCUT2D eigenvalue weighted by Crippen LogP contribution is -2.61. The molecule has 0 unspecified atom stereocenters. The topological polar surface area (TPSA) is 242 Å². The van der Waals surface area contributed by atoms with Crippen molar-refractivity contribution in [3.05, 3.63) is 48.2 Å². The molecule has 17 nitrogen and oxygen atoms in total. The Morgan fingerprint density at radius 1 is 0.880 bits per heavy atom. The predicted octanol–water partition coefficient (Wildman–Crippen LogP) is -1.89. The zero-order valence-corrected chi connectivity index (χ0v) is 27.4. The molecule has 17 heteroatoms. The number of benzene rings is 1. The highest BCUT2D eigenvalue weighted by atomic mass is 16.8. The minimum Gasteiger partial charge on any atom is -0.497 e. The van der Waals surface area contributed by atoms with Crippen LogP contribution in [0.25, 0.3) is 6.08 Å². The quantitative estimate of drug-likeness (QED) is 0.0835. The third-order valence-corrected chi connectivity index (χ3v) is 9.73. The molecule has 0 bridgehead atoms. The molecule has 1 aromatic carbocycles. The predicted molar refractivity (Wildman–Crippen MR) is 163 cm³/mol. The molecular formula is C33H42O17. The van der Waals surface area contributed by atoms with Crippen molar-refractivity contribution in [2.75, 3.05) is 20.3 Å². The number of epoxide rings is 1. The molecule has 50 heavy (non-hydrogen) atoms.